The Bertz CT molecular complexity index is 906. The lowest BCUT2D eigenvalue weighted by Gasteiger charge is -2.36. The second-order valence-corrected chi connectivity index (χ2v) is 8.12. The van der Waals surface area contributed by atoms with Crippen LogP contribution in [0.2, 0.25) is 0 Å². The van der Waals surface area contributed by atoms with Crippen LogP contribution in [0.5, 0.6) is 0 Å². The van der Waals surface area contributed by atoms with Crippen LogP contribution in [0, 0.1) is 17.6 Å². The Balaban J connectivity index is 1.65. The van der Waals surface area contributed by atoms with Crippen LogP contribution in [-0.2, 0) is 20.9 Å². The maximum Gasteiger partial charge on any atom is 0.407 e. The Morgan fingerprint density at radius 3 is 2.53 bits per heavy atom. The first-order valence-corrected chi connectivity index (χ1v) is 11.0. The average Bonchev–Trinajstić information content (AvgIpc) is 2.80. The highest BCUT2D eigenvalue weighted by Crippen LogP contribution is 2.39. The standard InChI is InChI=1S/C25H29F2NO4/c1-2-31-24(29)13-9-17-8-12-23(20(14-17)19-10-11-21(26)22(27)15-19)28-25(30)32-16-18-6-4-3-5-7-18/h3-7,10-11,15,17,20,23H,2,8-9,12-14,16H2,1H3,(H,28,30)/t17?,20-,23+/m0/s1. The van der Waals surface area contributed by atoms with Crippen molar-refractivity contribution in [1.29, 1.82) is 0 Å². The van der Waals surface area contributed by atoms with Gasteiger partial charge in [-0.05, 0) is 61.8 Å². The second kappa shape index (κ2) is 11.6. The Hall–Kier alpha value is -2.96. The summed E-state index contributed by atoms with van der Waals surface area (Å²) in [5.41, 5.74) is 1.50. The SMILES string of the molecule is CCOC(=O)CCC1CC[C@@H](NC(=O)OCc2ccccc2)[C@H](c2ccc(F)c(F)c2)C1. The highest BCUT2D eigenvalue weighted by Gasteiger charge is 2.33. The molecule has 1 amide bonds. The third-order valence-corrected chi connectivity index (χ3v) is 5.91. The lowest BCUT2D eigenvalue weighted by atomic mass is 9.73. The zero-order chi connectivity index (χ0) is 22.9. The molecule has 0 aromatic heterocycles. The van der Waals surface area contributed by atoms with Crippen LogP contribution < -0.4 is 5.32 Å². The third kappa shape index (κ3) is 6.77. The summed E-state index contributed by atoms with van der Waals surface area (Å²) in [7, 11) is 0. The predicted octanol–water partition coefficient (Wildman–Crippen LogP) is 5.49. The van der Waals surface area contributed by atoms with Crippen LogP contribution in [0.3, 0.4) is 0 Å². The van der Waals surface area contributed by atoms with E-state index in [9.17, 15) is 18.4 Å². The van der Waals surface area contributed by atoms with Gasteiger partial charge in [0.2, 0.25) is 0 Å². The molecule has 172 valence electrons. The van der Waals surface area contributed by atoms with Gasteiger partial charge in [0.1, 0.15) is 6.61 Å². The summed E-state index contributed by atoms with van der Waals surface area (Å²) >= 11 is 0. The number of amides is 1. The van der Waals surface area contributed by atoms with Crippen LogP contribution in [0.15, 0.2) is 48.5 Å². The molecule has 3 rings (SSSR count). The monoisotopic (exact) mass is 445 g/mol. The minimum Gasteiger partial charge on any atom is -0.466 e. The van der Waals surface area contributed by atoms with E-state index in [4.69, 9.17) is 9.47 Å². The van der Waals surface area contributed by atoms with Crippen molar-refractivity contribution < 1.29 is 27.8 Å². The molecule has 0 radical (unpaired) electrons. The van der Waals surface area contributed by atoms with Gasteiger partial charge in [-0.15, -0.1) is 0 Å². The van der Waals surface area contributed by atoms with Gasteiger partial charge in [-0.2, -0.15) is 0 Å². The first-order chi connectivity index (χ1) is 15.5. The first-order valence-electron chi connectivity index (χ1n) is 11.0. The highest BCUT2D eigenvalue weighted by molar-refractivity contribution is 5.69. The maximum absolute atomic E-state index is 13.9. The summed E-state index contributed by atoms with van der Waals surface area (Å²) in [6.45, 7) is 2.26. The van der Waals surface area contributed by atoms with Gasteiger partial charge >= 0.3 is 12.1 Å². The predicted molar refractivity (Wildman–Crippen MR) is 116 cm³/mol. The number of carbonyl (C=O) groups is 2. The van der Waals surface area contributed by atoms with Gasteiger partial charge in [-0.1, -0.05) is 36.4 Å². The van der Waals surface area contributed by atoms with Crippen molar-refractivity contribution in [3.63, 3.8) is 0 Å². The fourth-order valence-electron chi connectivity index (χ4n) is 4.28. The molecule has 0 spiro atoms. The summed E-state index contributed by atoms with van der Waals surface area (Å²) in [4.78, 5) is 24.2. The number of hydrogen-bond donors (Lipinski definition) is 1. The molecule has 5 nitrogen and oxygen atoms in total. The van der Waals surface area contributed by atoms with E-state index in [-0.39, 0.29) is 30.5 Å². The zero-order valence-corrected chi connectivity index (χ0v) is 18.2. The van der Waals surface area contributed by atoms with Crippen molar-refractivity contribution in [2.45, 2.75) is 57.6 Å². The van der Waals surface area contributed by atoms with E-state index in [0.29, 0.717) is 37.9 Å². The van der Waals surface area contributed by atoms with Crippen LogP contribution in [0.1, 0.15) is 56.1 Å². The van der Waals surface area contributed by atoms with Gasteiger partial charge in [0, 0.05) is 18.4 Å². The van der Waals surface area contributed by atoms with E-state index in [1.165, 1.54) is 6.07 Å². The smallest absolute Gasteiger partial charge is 0.407 e. The molecule has 7 heteroatoms. The van der Waals surface area contributed by atoms with Crippen molar-refractivity contribution in [1.82, 2.24) is 5.32 Å². The molecule has 1 fully saturated rings. The molecule has 1 N–H and O–H groups in total. The Morgan fingerprint density at radius 1 is 1.03 bits per heavy atom. The van der Waals surface area contributed by atoms with E-state index in [2.05, 4.69) is 5.32 Å². The number of alkyl carbamates (subject to hydrolysis) is 1. The number of ether oxygens (including phenoxy) is 2. The fraction of sp³-hybridized carbons (Fsp3) is 0.440. The van der Waals surface area contributed by atoms with Gasteiger partial charge in [-0.25, -0.2) is 13.6 Å². The van der Waals surface area contributed by atoms with Crippen LogP contribution >= 0.6 is 0 Å². The van der Waals surface area contributed by atoms with E-state index < -0.39 is 17.7 Å². The molecule has 32 heavy (non-hydrogen) atoms. The Kier molecular flexibility index (Phi) is 8.59. The normalized spacial score (nSPS) is 20.4. The second-order valence-electron chi connectivity index (χ2n) is 8.12. The number of hydrogen-bond acceptors (Lipinski definition) is 4. The molecule has 1 aliphatic carbocycles. The summed E-state index contributed by atoms with van der Waals surface area (Å²) in [6.07, 6.45) is 2.54. The molecule has 2 aromatic rings. The summed E-state index contributed by atoms with van der Waals surface area (Å²) < 4.78 is 37.7. The molecule has 3 atom stereocenters. The fourth-order valence-corrected chi connectivity index (χ4v) is 4.28. The van der Waals surface area contributed by atoms with Gasteiger partial charge in [0.15, 0.2) is 11.6 Å². The molecule has 2 aromatic carbocycles. The first kappa shape index (κ1) is 23.7. The zero-order valence-electron chi connectivity index (χ0n) is 18.2. The van der Waals surface area contributed by atoms with Gasteiger partial charge in [0.05, 0.1) is 6.61 Å². The quantitative estimate of drug-likeness (QED) is 0.546. The number of halogens is 2. The molecule has 0 saturated heterocycles. The number of rotatable bonds is 8. The van der Waals surface area contributed by atoms with Gasteiger partial charge in [0.25, 0.3) is 0 Å². The minimum atomic E-state index is -0.915. The molecule has 0 heterocycles. The van der Waals surface area contributed by atoms with Crippen molar-refractivity contribution in [2.24, 2.45) is 5.92 Å². The molecule has 0 aliphatic heterocycles. The van der Waals surface area contributed by atoms with E-state index in [1.807, 2.05) is 30.3 Å². The van der Waals surface area contributed by atoms with E-state index >= 15 is 0 Å². The van der Waals surface area contributed by atoms with E-state index in [1.54, 1.807) is 13.0 Å². The topological polar surface area (TPSA) is 64.6 Å². The van der Waals surface area contributed by atoms with Crippen molar-refractivity contribution >= 4 is 12.1 Å². The third-order valence-electron chi connectivity index (χ3n) is 5.91. The van der Waals surface area contributed by atoms with Crippen LogP contribution in [0.25, 0.3) is 0 Å². The molecular formula is C25H29F2NO4. The lowest BCUT2D eigenvalue weighted by molar-refractivity contribution is -0.143. The largest absolute Gasteiger partial charge is 0.466 e. The van der Waals surface area contributed by atoms with Crippen LogP contribution in [0.4, 0.5) is 13.6 Å². The van der Waals surface area contributed by atoms with E-state index in [0.717, 1.165) is 18.1 Å². The van der Waals surface area contributed by atoms with Gasteiger partial charge < -0.3 is 14.8 Å². The molecule has 0 bridgehead atoms. The number of nitrogens with one attached hydrogen (secondary N) is 1. The minimum absolute atomic E-state index is 0.150. The lowest BCUT2D eigenvalue weighted by Crippen LogP contribution is -2.43. The number of carbonyl (C=O) groups excluding carboxylic acids is 2. The Labute approximate surface area is 187 Å². The summed E-state index contributed by atoms with van der Waals surface area (Å²) in [5, 5.41) is 2.91. The summed E-state index contributed by atoms with van der Waals surface area (Å²) in [6, 6.07) is 12.9. The number of esters is 1. The number of benzene rings is 2. The van der Waals surface area contributed by atoms with Crippen LogP contribution in [-0.4, -0.2) is 24.7 Å². The molecule has 1 saturated carbocycles. The summed E-state index contributed by atoms with van der Waals surface area (Å²) in [5.74, 6) is -2.05. The highest BCUT2D eigenvalue weighted by atomic mass is 19.2. The molecular weight excluding hydrogens is 416 g/mol. The molecule has 1 unspecified atom stereocenters. The van der Waals surface area contributed by atoms with Crippen molar-refractivity contribution in [3.05, 3.63) is 71.3 Å². The molecule has 1 aliphatic rings. The Morgan fingerprint density at radius 2 is 1.81 bits per heavy atom. The van der Waals surface area contributed by atoms with Gasteiger partial charge in [-0.3, -0.25) is 4.79 Å². The average molecular weight is 446 g/mol. The maximum atomic E-state index is 13.9. The van der Waals surface area contributed by atoms with Crippen molar-refractivity contribution in [2.75, 3.05) is 6.61 Å². The van der Waals surface area contributed by atoms with Crippen molar-refractivity contribution in [3.8, 4) is 0 Å².